The average Bonchev–Trinajstić information content (AvgIpc) is 2.53. The zero-order chi connectivity index (χ0) is 15.6. The van der Waals surface area contributed by atoms with Crippen LogP contribution in [0.5, 0.6) is 0 Å². The summed E-state index contributed by atoms with van der Waals surface area (Å²) in [5.74, 6) is 0. The van der Waals surface area contributed by atoms with Crippen molar-refractivity contribution in [2.24, 2.45) is 0 Å². The molecule has 0 amide bonds. The molecule has 1 aliphatic rings. The fourth-order valence-corrected chi connectivity index (χ4v) is 2.45. The molecule has 1 aliphatic carbocycles. The maximum Gasteiger partial charge on any atom is -0.0348 e. The summed E-state index contributed by atoms with van der Waals surface area (Å²) in [5, 5.41) is 0. The minimum Gasteiger partial charge on any atom is -0.0845 e. The lowest BCUT2D eigenvalue weighted by Gasteiger charge is -2.00. The van der Waals surface area contributed by atoms with Crippen LogP contribution >= 0.6 is 0 Å². The summed E-state index contributed by atoms with van der Waals surface area (Å²) < 4.78 is 0. The maximum atomic E-state index is 2.28. The molecule has 0 radical (unpaired) electrons. The molecule has 0 nitrogen and oxygen atoms in total. The van der Waals surface area contributed by atoms with Crippen LogP contribution in [0.4, 0.5) is 0 Å². The van der Waals surface area contributed by atoms with Gasteiger partial charge in [0.15, 0.2) is 0 Å². The monoisotopic (exact) mass is 296 g/mol. The molecule has 0 saturated carbocycles. The Morgan fingerprint density at radius 2 is 0.545 bits per heavy atom. The van der Waals surface area contributed by atoms with Crippen molar-refractivity contribution in [2.75, 3.05) is 0 Å². The fourth-order valence-electron chi connectivity index (χ4n) is 2.45. The molecule has 0 heterocycles. The van der Waals surface area contributed by atoms with Gasteiger partial charge < -0.3 is 0 Å². The van der Waals surface area contributed by atoms with E-state index in [1.54, 1.807) is 0 Å². The van der Waals surface area contributed by atoms with E-state index in [0.29, 0.717) is 0 Å². The molecule has 120 valence electrons. The normalized spacial score (nSPS) is 26.9. The summed E-state index contributed by atoms with van der Waals surface area (Å²) in [6.45, 7) is 0. The largest absolute Gasteiger partial charge is 0.0845 e. The molecule has 0 bridgehead atoms. The highest BCUT2D eigenvalue weighted by molar-refractivity contribution is 5.19. The van der Waals surface area contributed by atoms with E-state index < -0.39 is 0 Å². The van der Waals surface area contributed by atoms with Crippen LogP contribution < -0.4 is 0 Å². The lowest BCUT2D eigenvalue weighted by atomic mass is 10.1. The number of rotatable bonds is 0. The molecule has 0 N–H and O–H groups in total. The first-order valence-electron chi connectivity index (χ1n) is 8.98. The van der Waals surface area contributed by atoms with Crippen molar-refractivity contribution in [3.8, 4) is 0 Å². The third-order valence-electron chi connectivity index (χ3n) is 3.76. The Hall–Kier alpha value is -1.56. The summed E-state index contributed by atoms with van der Waals surface area (Å²) >= 11 is 0. The smallest absolute Gasteiger partial charge is 0.0348 e. The van der Waals surface area contributed by atoms with Crippen LogP contribution in [0, 0.1) is 0 Å². The Balaban J connectivity index is 2.34. The van der Waals surface area contributed by atoms with Gasteiger partial charge >= 0.3 is 0 Å². The van der Waals surface area contributed by atoms with Crippen LogP contribution in [0.15, 0.2) is 72.9 Å². The quantitative estimate of drug-likeness (QED) is 0.442. The van der Waals surface area contributed by atoms with Crippen LogP contribution in [0.2, 0.25) is 0 Å². The van der Waals surface area contributed by atoms with E-state index in [1.165, 1.54) is 64.2 Å². The van der Waals surface area contributed by atoms with Gasteiger partial charge in [-0.2, -0.15) is 0 Å². The first kappa shape index (κ1) is 18.5. The molecule has 0 aromatic carbocycles. The van der Waals surface area contributed by atoms with Gasteiger partial charge in [0.1, 0.15) is 0 Å². The number of allylic oxidation sites excluding steroid dienone is 12. The molecule has 1 rings (SSSR count). The summed E-state index contributed by atoms with van der Waals surface area (Å²) in [4.78, 5) is 0. The Morgan fingerprint density at radius 3 is 0.909 bits per heavy atom. The van der Waals surface area contributed by atoms with Crippen LogP contribution in [-0.2, 0) is 0 Å². The zero-order valence-electron chi connectivity index (χ0n) is 14.0. The standard InChI is InChI=1S/C22H32/c1-2-4-6-8-10-12-14-16-18-20-22-21-19-17-15-13-11-9-7-5-3-1/h1-12H,13-22H2/b3-1-,4-2+,7-5+,8-6+,11-9?,12-10+. The van der Waals surface area contributed by atoms with E-state index >= 15 is 0 Å². The minimum absolute atomic E-state index is 1.21. The Labute approximate surface area is 137 Å². The van der Waals surface area contributed by atoms with Crippen LogP contribution in [0.3, 0.4) is 0 Å². The van der Waals surface area contributed by atoms with Gasteiger partial charge in [-0.1, -0.05) is 111 Å². The van der Waals surface area contributed by atoms with Gasteiger partial charge in [0, 0.05) is 0 Å². The number of hydrogen-bond acceptors (Lipinski definition) is 0. The van der Waals surface area contributed by atoms with E-state index in [2.05, 4.69) is 72.9 Å². The van der Waals surface area contributed by atoms with Crippen molar-refractivity contribution in [3.05, 3.63) is 72.9 Å². The maximum absolute atomic E-state index is 2.28. The third kappa shape index (κ3) is 13.4. The van der Waals surface area contributed by atoms with Crippen molar-refractivity contribution in [3.63, 3.8) is 0 Å². The molecule has 0 heteroatoms. The van der Waals surface area contributed by atoms with E-state index in [4.69, 9.17) is 0 Å². The van der Waals surface area contributed by atoms with Gasteiger partial charge in [-0.15, -0.1) is 0 Å². The van der Waals surface area contributed by atoms with E-state index in [-0.39, 0.29) is 0 Å². The summed E-state index contributed by atoms with van der Waals surface area (Å²) in [6.07, 6.45) is 39.0. The molecule has 0 aromatic heterocycles. The Kier molecular flexibility index (Phi) is 13.3. The van der Waals surface area contributed by atoms with Crippen molar-refractivity contribution in [1.29, 1.82) is 0 Å². The van der Waals surface area contributed by atoms with E-state index in [9.17, 15) is 0 Å². The van der Waals surface area contributed by atoms with E-state index in [1.807, 2.05) is 0 Å². The van der Waals surface area contributed by atoms with Crippen molar-refractivity contribution >= 4 is 0 Å². The predicted molar refractivity (Wildman–Crippen MR) is 101 cm³/mol. The van der Waals surface area contributed by atoms with Crippen molar-refractivity contribution < 1.29 is 0 Å². The molecular formula is C22H32. The van der Waals surface area contributed by atoms with Crippen molar-refractivity contribution in [1.82, 2.24) is 0 Å². The topological polar surface area (TPSA) is 0 Å². The first-order chi connectivity index (χ1) is 11.0. The summed E-state index contributed by atoms with van der Waals surface area (Å²) in [5.41, 5.74) is 0. The molecule has 0 aliphatic heterocycles. The lowest BCUT2D eigenvalue weighted by molar-refractivity contribution is 0.571. The predicted octanol–water partition coefficient (Wildman–Crippen LogP) is 7.24. The Morgan fingerprint density at radius 1 is 0.273 bits per heavy atom. The van der Waals surface area contributed by atoms with Crippen LogP contribution in [0.25, 0.3) is 0 Å². The molecule has 0 unspecified atom stereocenters. The van der Waals surface area contributed by atoms with Crippen molar-refractivity contribution in [2.45, 2.75) is 64.2 Å². The van der Waals surface area contributed by atoms with Gasteiger partial charge in [-0.3, -0.25) is 0 Å². The van der Waals surface area contributed by atoms with Crippen LogP contribution in [-0.4, -0.2) is 0 Å². The second-order valence-corrected chi connectivity index (χ2v) is 5.80. The summed E-state index contributed by atoms with van der Waals surface area (Å²) in [7, 11) is 0. The third-order valence-corrected chi connectivity index (χ3v) is 3.76. The highest BCUT2D eigenvalue weighted by Crippen LogP contribution is 2.11. The van der Waals surface area contributed by atoms with E-state index in [0.717, 1.165) is 0 Å². The average molecular weight is 296 g/mol. The van der Waals surface area contributed by atoms with Gasteiger partial charge in [-0.05, 0) is 25.7 Å². The van der Waals surface area contributed by atoms with Crippen LogP contribution in [0.1, 0.15) is 64.2 Å². The highest BCUT2D eigenvalue weighted by Gasteiger charge is 1.91. The van der Waals surface area contributed by atoms with Gasteiger partial charge in [0.2, 0.25) is 0 Å². The Bertz CT molecular complexity index is 362. The molecule has 22 heavy (non-hydrogen) atoms. The second-order valence-electron chi connectivity index (χ2n) is 5.80. The lowest BCUT2D eigenvalue weighted by Crippen LogP contribution is -1.81. The zero-order valence-corrected chi connectivity index (χ0v) is 14.0. The molecule has 0 saturated heterocycles. The first-order valence-corrected chi connectivity index (χ1v) is 8.98. The van der Waals surface area contributed by atoms with Gasteiger partial charge in [-0.25, -0.2) is 0 Å². The molecule has 0 aromatic rings. The SMILES string of the molecule is C1=CCCCCCCCCCC/C=C/C=C/C=C/C=C\C=C\1. The number of hydrogen-bond donors (Lipinski definition) is 0. The summed E-state index contributed by atoms with van der Waals surface area (Å²) in [6, 6.07) is 0. The second kappa shape index (κ2) is 15.8. The molecule has 0 spiro atoms. The van der Waals surface area contributed by atoms with Gasteiger partial charge in [0.05, 0.1) is 0 Å². The molecule has 0 fully saturated rings. The highest BCUT2D eigenvalue weighted by atomic mass is 14.0. The molecule has 0 atom stereocenters. The fraction of sp³-hybridized carbons (Fsp3) is 0.455. The minimum atomic E-state index is 1.21. The van der Waals surface area contributed by atoms with Gasteiger partial charge in [0.25, 0.3) is 0 Å². The molecular weight excluding hydrogens is 264 g/mol.